The number of fused-ring (bicyclic) bond motifs is 2. The number of halogens is 1. The molecule has 3 aromatic rings. The Labute approximate surface area is 251 Å². The number of aryl methyl sites for hydroxylation is 1. The Morgan fingerprint density at radius 1 is 1.21 bits per heavy atom. The fourth-order valence-electron chi connectivity index (χ4n) is 6.71. The lowest BCUT2D eigenvalue weighted by Crippen LogP contribution is -2.57. The van der Waals surface area contributed by atoms with E-state index in [0.717, 1.165) is 66.0 Å². The van der Waals surface area contributed by atoms with E-state index >= 15 is 0 Å². The Balaban J connectivity index is 1.35. The number of aromatic amines is 1. The van der Waals surface area contributed by atoms with Crippen LogP contribution in [-0.4, -0.2) is 101 Å². The van der Waals surface area contributed by atoms with Gasteiger partial charge in [-0.15, -0.1) is 0 Å². The largest absolute Gasteiger partial charge is 0.462 e. The molecule has 2 aromatic heterocycles. The van der Waals surface area contributed by atoms with Crippen molar-refractivity contribution in [3.05, 3.63) is 58.5 Å². The summed E-state index contributed by atoms with van der Waals surface area (Å²) in [5.41, 5.74) is 6.52. The van der Waals surface area contributed by atoms with E-state index in [1.807, 2.05) is 6.20 Å². The standard InChI is InChI=1S/C31H38FN9O2/c1-19-13-26-25(15-34-37-26)28(20(19)2)39-10-8-24-27(17-39)35-31(43-18-22-7-6-9-38(22)5)36-29(24)40-11-12-41(30(42)21(3)32)23(16-40)14-33-4/h13,15,22-23H,3,6-12,14,16-18H2,1-2,5H3,(H,34,37)/t22-,23-/m0/s1. The topological polar surface area (TPSA) is 98.1 Å². The van der Waals surface area contributed by atoms with Gasteiger partial charge in [-0.2, -0.15) is 15.1 Å². The summed E-state index contributed by atoms with van der Waals surface area (Å²) in [6, 6.07) is 2.31. The van der Waals surface area contributed by atoms with Gasteiger partial charge < -0.3 is 29.2 Å². The normalized spacial score (nSPS) is 20.8. The van der Waals surface area contributed by atoms with Crippen molar-refractivity contribution in [2.75, 3.05) is 62.7 Å². The average Bonchev–Trinajstić information content (AvgIpc) is 3.63. The van der Waals surface area contributed by atoms with Gasteiger partial charge in [0.25, 0.3) is 5.91 Å². The second-order valence-electron chi connectivity index (χ2n) is 11.9. The number of carbonyl (C=O) groups excluding carboxylic acids is 1. The van der Waals surface area contributed by atoms with Crippen molar-refractivity contribution in [2.45, 2.75) is 51.7 Å². The summed E-state index contributed by atoms with van der Waals surface area (Å²) in [6.45, 7) is 19.0. The maximum absolute atomic E-state index is 13.8. The number of benzene rings is 1. The Bertz CT molecular complexity index is 1600. The van der Waals surface area contributed by atoms with Crippen LogP contribution in [0.2, 0.25) is 0 Å². The van der Waals surface area contributed by atoms with Crippen molar-refractivity contribution in [2.24, 2.45) is 0 Å². The Morgan fingerprint density at radius 3 is 2.79 bits per heavy atom. The van der Waals surface area contributed by atoms with Crippen LogP contribution >= 0.6 is 0 Å². The molecule has 3 aliphatic heterocycles. The van der Waals surface area contributed by atoms with Crippen molar-refractivity contribution in [3.8, 4) is 6.01 Å². The van der Waals surface area contributed by atoms with Gasteiger partial charge in [0.15, 0.2) is 5.83 Å². The summed E-state index contributed by atoms with van der Waals surface area (Å²) in [4.78, 5) is 34.2. The molecule has 0 aliphatic carbocycles. The Hall–Kier alpha value is -4.24. The van der Waals surface area contributed by atoms with Gasteiger partial charge >= 0.3 is 6.01 Å². The molecule has 0 saturated carbocycles. The molecule has 1 N–H and O–H groups in total. The van der Waals surface area contributed by atoms with Crippen LogP contribution in [0.4, 0.5) is 15.9 Å². The molecule has 12 heteroatoms. The lowest BCUT2D eigenvalue weighted by Gasteiger charge is -2.41. The lowest BCUT2D eigenvalue weighted by atomic mass is 9.99. The highest BCUT2D eigenvalue weighted by Gasteiger charge is 2.36. The maximum Gasteiger partial charge on any atom is 0.318 e. The molecule has 5 heterocycles. The van der Waals surface area contributed by atoms with Crippen LogP contribution < -0.4 is 14.5 Å². The van der Waals surface area contributed by atoms with Gasteiger partial charge in [0.05, 0.1) is 29.6 Å². The first-order valence-corrected chi connectivity index (χ1v) is 14.9. The number of likely N-dealkylation sites (tertiary alicyclic amines) is 1. The molecule has 1 amide bonds. The van der Waals surface area contributed by atoms with E-state index in [0.29, 0.717) is 38.3 Å². The second-order valence-corrected chi connectivity index (χ2v) is 11.9. The molecular formula is C31H38FN9O2. The van der Waals surface area contributed by atoms with Crippen molar-refractivity contribution in [1.82, 2.24) is 30.0 Å². The third-order valence-corrected chi connectivity index (χ3v) is 9.22. The van der Waals surface area contributed by atoms with Crippen LogP contribution in [0, 0.1) is 20.4 Å². The molecule has 0 bridgehead atoms. The second kappa shape index (κ2) is 11.8. The minimum Gasteiger partial charge on any atom is -0.462 e. The zero-order chi connectivity index (χ0) is 30.2. The predicted octanol–water partition coefficient (Wildman–Crippen LogP) is 3.43. The summed E-state index contributed by atoms with van der Waals surface area (Å²) in [5, 5.41) is 8.51. The zero-order valence-electron chi connectivity index (χ0n) is 25.1. The number of piperazine rings is 1. The number of carbonyl (C=O) groups is 1. The number of hydrogen-bond donors (Lipinski definition) is 1. The summed E-state index contributed by atoms with van der Waals surface area (Å²) in [7, 11) is 2.11. The van der Waals surface area contributed by atoms with E-state index in [1.165, 1.54) is 16.0 Å². The molecule has 2 fully saturated rings. The van der Waals surface area contributed by atoms with Crippen molar-refractivity contribution >= 4 is 28.3 Å². The summed E-state index contributed by atoms with van der Waals surface area (Å²) < 4.78 is 20.1. The van der Waals surface area contributed by atoms with Gasteiger partial charge in [0.1, 0.15) is 18.5 Å². The fraction of sp³-hybridized carbons (Fsp3) is 0.516. The minimum atomic E-state index is -1.01. The molecule has 43 heavy (non-hydrogen) atoms. The first kappa shape index (κ1) is 28.9. The van der Waals surface area contributed by atoms with Crippen LogP contribution in [0.3, 0.4) is 0 Å². The fourth-order valence-corrected chi connectivity index (χ4v) is 6.71. The summed E-state index contributed by atoms with van der Waals surface area (Å²) in [5.74, 6) is -0.985. The van der Waals surface area contributed by atoms with Gasteiger partial charge in [-0.3, -0.25) is 9.89 Å². The SMILES string of the molecule is [C-]#[N+]C[C@H]1CN(c2nc(OC[C@@H]3CCCN3C)nc3c2CCN(c2c(C)c(C)cc4[nH]ncc24)C3)CCN1C(=O)C(=C)F. The van der Waals surface area contributed by atoms with E-state index in [9.17, 15) is 9.18 Å². The first-order valence-electron chi connectivity index (χ1n) is 14.9. The quantitative estimate of drug-likeness (QED) is 0.332. The third-order valence-electron chi connectivity index (χ3n) is 9.22. The molecule has 0 unspecified atom stereocenters. The van der Waals surface area contributed by atoms with Gasteiger partial charge in [-0.1, -0.05) is 6.58 Å². The van der Waals surface area contributed by atoms with Crippen molar-refractivity contribution in [3.63, 3.8) is 0 Å². The molecule has 3 aliphatic rings. The van der Waals surface area contributed by atoms with Gasteiger partial charge in [-0.25, -0.2) is 11.0 Å². The van der Waals surface area contributed by atoms with E-state index in [2.05, 4.69) is 63.3 Å². The van der Waals surface area contributed by atoms with Gasteiger partial charge in [0, 0.05) is 43.2 Å². The minimum absolute atomic E-state index is 0.0707. The summed E-state index contributed by atoms with van der Waals surface area (Å²) in [6.07, 6.45) is 4.82. The first-order chi connectivity index (χ1) is 20.7. The summed E-state index contributed by atoms with van der Waals surface area (Å²) >= 11 is 0. The van der Waals surface area contributed by atoms with E-state index in [-0.39, 0.29) is 13.1 Å². The Morgan fingerprint density at radius 2 is 2.05 bits per heavy atom. The van der Waals surface area contributed by atoms with Crippen LogP contribution in [0.5, 0.6) is 6.01 Å². The van der Waals surface area contributed by atoms with Crippen LogP contribution in [-0.2, 0) is 17.8 Å². The number of H-pyrrole nitrogens is 1. The number of nitrogens with zero attached hydrogens (tertiary/aromatic N) is 8. The van der Waals surface area contributed by atoms with E-state index in [4.69, 9.17) is 21.3 Å². The highest BCUT2D eigenvalue weighted by atomic mass is 19.1. The van der Waals surface area contributed by atoms with Crippen LogP contribution in [0.25, 0.3) is 15.7 Å². The number of nitrogens with one attached hydrogen (secondary N) is 1. The maximum atomic E-state index is 13.8. The molecule has 11 nitrogen and oxygen atoms in total. The lowest BCUT2D eigenvalue weighted by molar-refractivity contribution is -0.131. The number of hydrogen-bond acceptors (Lipinski definition) is 8. The van der Waals surface area contributed by atoms with Crippen LogP contribution in [0.1, 0.15) is 35.2 Å². The van der Waals surface area contributed by atoms with E-state index in [1.54, 1.807) is 0 Å². The molecule has 6 rings (SSSR count). The predicted molar refractivity (Wildman–Crippen MR) is 163 cm³/mol. The number of ether oxygens (including phenoxy) is 1. The van der Waals surface area contributed by atoms with Crippen LogP contribution in [0.15, 0.2) is 24.7 Å². The third kappa shape index (κ3) is 5.49. The molecule has 226 valence electrons. The van der Waals surface area contributed by atoms with Gasteiger partial charge in [-0.05, 0) is 63.9 Å². The monoisotopic (exact) mass is 587 g/mol. The van der Waals surface area contributed by atoms with Gasteiger partial charge in [0.2, 0.25) is 6.54 Å². The average molecular weight is 588 g/mol. The Kier molecular flexibility index (Phi) is 7.92. The molecule has 2 atom stereocenters. The molecule has 0 radical (unpaired) electrons. The zero-order valence-corrected chi connectivity index (χ0v) is 25.1. The van der Waals surface area contributed by atoms with Crippen molar-refractivity contribution in [1.29, 1.82) is 0 Å². The smallest absolute Gasteiger partial charge is 0.318 e. The molecular weight excluding hydrogens is 549 g/mol. The van der Waals surface area contributed by atoms with E-state index < -0.39 is 17.8 Å². The number of anilines is 2. The number of amides is 1. The number of likely N-dealkylation sites (N-methyl/N-ethyl adjacent to an activating group) is 1. The number of rotatable bonds is 7. The molecule has 0 spiro atoms. The molecule has 2 saturated heterocycles. The highest BCUT2D eigenvalue weighted by molar-refractivity contribution is 5.94. The highest BCUT2D eigenvalue weighted by Crippen LogP contribution is 2.37. The molecule has 1 aromatic carbocycles. The number of aromatic nitrogens is 4. The van der Waals surface area contributed by atoms with Crippen molar-refractivity contribution < 1.29 is 13.9 Å².